The molecule has 1 rings (SSSR count). The Bertz CT molecular complexity index is 71.3. The van der Waals surface area contributed by atoms with Crippen LogP contribution in [0.25, 0.3) is 0 Å². The summed E-state index contributed by atoms with van der Waals surface area (Å²) in [4.78, 5) is 0. The molecular formula is C7H14BrOZn. The predicted octanol–water partition coefficient (Wildman–Crippen LogP) is 2.35. The first-order chi connectivity index (χ1) is 4.43. The molecule has 0 aromatic rings. The van der Waals surface area contributed by atoms with Crippen molar-refractivity contribution in [1.29, 1.82) is 0 Å². The first-order valence-electron chi connectivity index (χ1n) is 3.80. The van der Waals surface area contributed by atoms with Gasteiger partial charge in [-0.1, -0.05) is 0 Å². The summed E-state index contributed by atoms with van der Waals surface area (Å²) < 4.78 is 5.26. The molecule has 0 bridgehead atoms. The van der Waals surface area contributed by atoms with Crippen molar-refractivity contribution < 1.29 is 23.0 Å². The van der Waals surface area contributed by atoms with E-state index in [0.717, 1.165) is 19.1 Å². The van der Waals surface area contributed by atoms with Crippen LogP contribution in [0.1, 0.15) is 19.3 Å². The first-order valence-corrected chi connectivity index (χ1v) is 5.90. The van der Waals surface area contributed by atoms with Crippen LogP contribution in [0.2, 0.25) is 5.02 Å². The molecule has 0 atom stereocenters. The third-order valence-corrected chi connectivity index (χ3v) is 2.81. The van der Waals surface area contributed by atoms with Crippen LogP contribution in [0.4, 0.5) is 0 Å². The van der Waals surface area contributed by atoms with Crippen molar-refractivity contribution in [2.24, 2.45) is 5.92 Å². The molecule has 1 fully saturated rings. The standard InChI is InChI=1S/C7H13O.BrH.Zn/c1-2-7-3-5-8-6-4-7;;/h7H,1-6H2;1H;. The summed E-state index contributed by atoms with van der Waals surface area (Å²) in [6, 6.07) is 0. The molecule has 0 aliphatic carbocycles. The second kappa shape index (κ2) is 6.75. The molecule has 0 unspecified atom stereocenters. The average Bonchev–Trinajstić information content (AvgIpc) is 1.91. The van der Waals surface area contributed by atoms with Gasteiger partial charge in [-0.25, -0.2) is 0 Å². The molecule has 10 heavy (non-hydrogen) atoms. The molecule has 0 aromatic carbocycles. The van der Waals surface area contributed by atoms with E-state index in [2.05, 4.69) is 0 Å². The second-order valence-electron chi connectivity index (χ2n) is 2.70. The second-order valence-corrected chi connectivity index (χ2v) is 4.18. The maximum atomic E-state index is 5.26. The van der Waals surface area contributed by atoms with Crippen molar-refractivity contribution in [3.05, 3.63) is 0 Å². The van der Waals surface area contributed by atoms with Crippen LogP contribution in [-0.2, 0) is 23.0 Å². The molecule has 0 N–H and O–H groups in total. The van der Waals surface area contributed by atoms with E-state index >= 15 is 0 Å². The monoisotopic (exact) mass is 257 g/mol. The fourth-order valence-corrected chi connectivity index (χ4v) is 2.54. The van der Waals surface area contributed by atoms with Crippen molar-refractivity contribution in [3.63, 3.8) is 0 Å². The van der Waals surface area contributed by atoms with Gasteiger partial charge in [-0.2, -0.15) is 0 Å². The number of hydrogen-bond acceptors (Lipinski definition) is 1. The van der Waals surface area contributed by atoms with Gasteiger partial charge >= 0.3 is 66.4 Å². The Morgan fingerprint density at radius 3 is 2.40 bits per heavy atom. The van der Waals surface area contributed by atoms with E-state index in [0.29, 0.717) is 0 Å². The van der Waals surface area contributed by atoms with Gasteiger partial charge in [0, 0.05) is 0 Å². The summed E-state index contributed by atoms with van der Waals surface area (Å²) in [5, 5.41) is 1.46. The summed E-state index contributed by atoms with van der Waals surface area (Å²) in [5.74, 6) is 1.01. The topological polar surface area (TPSA) is 9.23 Å². The molecule has 0 amide bonds. The normalized spacial score (nSPS) is 20.2. The Kier molecular flexibility index (Phi) is 7.47. The Balaban J connectivity index is 0.000000810. The van der Waals surface area contributed by atoms with E-state index < -0.39 is 0 Å². The van der Waals surface area contributed by atoms with Gasteiger partial charge in [0.05, 0.1) is 0 Å². The zero-order valence-electron chi connectivity index (χ0n) is 6.34. The molecule has 1 nitrogen and oxygen atoms in total. The molecule has 3 heteroatoms. The van der Waals surface area contributed by atoms with Crippen LogP contribution in [0.15, 0.2) is 0 Å². The van der Waals surface area contributed by atoms with Gasteiger partial charge in [-0.05, 0) is 0 Å². The van der Waals surface area contributed by atoms with Crippen molar-refractivity contribution in [3.8, 4) is 0 Å². The molecule has 1 saturated heterocycles. The van der Waals surface area contributed by atoms with Crippen molar-refractivity contribution in [2.75, 3.05) is 13.2 Å². The van der Waals surface area contributed by atoms with E-state index in [4.69, 9.17) is 4.74 Å². The van der Waals surface area contributed by atoms with Gasteiger partial charge < -0.3 is 0 Å². The van der Waals surface area contributed by atoms with E-state index in [-0.39, 0.29) is 17.0 Å². The quantitative estimate of drug-likeness (QED) is 0.692. The maximum absolute atomic E-state index is 5.26. The molecule has 1 aliphatic rings. The van der Waals surface area contributed by atoms with E-state index in [1.807, 2.05) is 0 Å². The zero-order valence-corrected chi connectivity index (χ0v) is 11.0. The third kappa shape index (κ3) is 4.05. The van der Waals surface area contributed by atoms with Gasteiger partial charge in [0.2, 0.25) is 0 Å². The molecular weight excluding hydrogens is 245 g/mol. The van der Waals surface area contributed by atoms with Crippen LogP contribution in [0.5, 0.6) is 0 Å². The molecule has 0 aromatic heterocycles. The van der Waals surface area contributed by atoms with Crippen LogP contribution in [0, 0.1) is 5.92 Å². The van der Waals surface area contributed by atoms with E-state index in [1.54, 1.807) is 0 Å². The number of ether oxygens (including phenoxy) is 1. The van der Waals surface area contributed by atoms with Crippen molar-refractivity contribution in [1.82, 2.24) is 0 Å². The molecule has 1 aliphatic heterocycles. The number of hydrogen-bond donors (Lipinski definition) is 0. The first kappa shape index (κ1) is 11.1. The minimum absolute atomic E-state index is 0. The van der Waals surface area contributed by atoms with Crippen LogP contribution < -0.4 is 0 Å². The summed E-state index contributed by atoms with van der Waals surface area (Å²) in [7, 11) is 0. The van der Waals surface area contributed by atoms with Gasteiger partial charge in [-0.3, -0.25) is 0 Å². The number of halogens is 1. The fraction of sp³-hybridized carbons (Fsp3) is 1.00. The Morgan fingerprint density at radius 1 is 1.30 bits per heavy atom. The van der Waals surface area contributed by atoms with Gasteiger partial charge in [0.25, 0.3) is 0 Å². The SMILES string of the molecule is Br.[Zn][CH2]CC1CCOCC1. The molecule has 57 valence electrons. The Hall–Kier alpha value is 1.06. The van der Waals surface area contributed by atoms with Crippen LogP contribution in [-0.4, -0.2) is 13.2 Å². The minimum atomic E-state index is 0. The van der Waals surface area contributed by atoms with E-state index in [1.165, 1.54) is 42.6 Å². The van der Waals surface area contributed by atoms with Gasteiger partial charge in [0.1, 0.15) is 0 Å². The summed E-state index contributed by atoms with van der Waals surface area (Å²) in [6.07, 6.45) is 4.10. The molecule has 0 saturated carbocycles. The van der Waals surface area contributed by atoms with Crippen LogP contribution >= 0.6 is 17.0 Å². The van der Waals surface area contributed by atoms with Gasteiger partial charge in [-0.15, -0.1) is 17.0 Å². The summed E-state index contributed by atoms with van der Waals surface area (Å²) in [6.45, 7) is 2.04. The predicted molar refractivity (Wildman–Crippen MR) is 43.3 cm³/mol. The molecule has 0 radical (unpaired) electrons. The summed E-state index contributed by atoms with van der Waals surface area (Å²) >= 11 is 1.47. The Labute approximate surface area is 83.3 Å². The number of rotatable bonds is 2. The third-order valence-electron chi connectivity index (χ3n) is 1.95. The van der Waals surface area contributed by atoms with Crippen molar-refractivity contribution >= 4 is 17.0 Å². The average molecular weight is 259 g/mol. The Morgan fingerprint density at radius 2 is 1.90 bits per heavy atom. The van der Waals surface area contributed by atoms with Crippen molar-refractivity contribution in [2.45, 2.75) is 24.3 Å². The zero-order chi connectivity index (χ0) is 6.53. The molecule has 0 spiro atoms. The van der Waals surface area contributed by atoms with E-state index in [9.17, 15) is 0 Å². The van der Waals surface area contributed by atoms with Crippen LogP contribution in [0.3, 0.4) is 0 Å². The summed E-state index contributed by atoms with van der Waals surface area (Å²) in [5.41, 5.74) is 0. The molecule has 1 heterocycles. The fourth-order valence-electron chi connectivity index (χ4n) is 1.32. The van der Waals surface area contributed by atoms with Gasteiger partial charge in [0.15, 0.2) is 0 Å².